The number of imide groups is 1. The maximum Gasteiger partial charge on any atom is 0.328 e. The van der Waals surface area contributed by atoms with Gasteiger partial charge in [0.25, 0.3) is 11.1 Å². The third kappa shape index (κ3) is 5.71. The Kier molecular flexibility index (Phi) is 8.22. The van der Waals surface area contributed by atoms with Gasteiger partial charge in [-0.05, 0) is 115 Å². The second-order valence-corrected chi connectivity index (χ2v) is 10.4. The van der Waals surface area contributed by atoms with E-state index in [9.17, 15) is 14.4 Å². The van der Waals surface area contributed by atoms with Crippen molar-refractivity contribution in [2.24, 2.45) is 0 Å². The number of amides is 2. The lowest BCUT2D eigenvalue weighted by Gasteiger charge is -2.18. The van der Waals surface area contributed by atoms with E-state index in [1.165, 1.54) is 14.0 Å². The van der Waals surface area contributed by atoms with Gasteiger partial charge in [-0.3, -0.25) is 14.5 Å². The molecule has 162 valence electrons. The van der Waals surface area contributed by atoms with E-state index in [-0.39, 0.29) is 4.91 Å². The SMILES string of the molecule is COC(=O)[C@H](C)N1C(=O)S/C(=C/c2cc(Br)c(OCc3ccc(I)cc3)c(Br)c2)C1=O. The Hall–Kier alpha value is -1.37. The molecule has 0 N–H and O–H groups in total. The molecule has 0 radical (unpaired) electrons. The Morgan fingerprint density at radius 1 is 1.19 bits per heavy atom. The predicted molar refractivity (Wildman–Crippen MR) is 135 cm³/mol. The average molecular weight is 681 g/mol. The smallest absolute Gasteiger partial charge is 0.328 e. The van der Waals surface area contributed by atoms with Crippen molar-refractivity contribution in [3.05, 3.63) is 64.9 Å². The summed E-state index contributed by atoms with van der Waals surface area (Å²) < 4.78 is 13.1. The minimum Gasteiger partial charge on any atom is -0.487 e. The highest BCUT2D eigenvalue weighted by molar-refractivity contribution is 14.1. The van der Waals surface area contributed by atoms with Gasteiger partial charge in [0.05, 0.1) is 21.0 Å². The molecule has 31 heavy (non-hydrogen) atoms. The maximum atomic E-state index is 12.7. The number of esters is 1. The van der Waals surface area contributed by atoms with E-state index in [0.29, 0.717) is 26.9 Å². The zero-order valence-corrected chi connectivity index (χ0v) is 22.5. The van der Waals surface area contributed by atoms with E-state index in [4.69, 9.17) is 4.74 Å². The first-order valence-corrected chi connectivity index (χ1v) is 12.4. The number of rotatable bonds is 6. The van der Waals surface area contributed by atoms with Crippen molar-refractivity contribution in [3.63, 3.8) is 0 Å². The highest BCUT2D eigenvalue weighted by Crippen LogP contribution is 2.38. The molecule has 1 fully saturated rings. The molecule has 2 amide bonds. The molecule has 3 rings (SSSR count). The molecule has 2 aromatic rings. The number of nitrogens with zero attached hydrogens (tertiary/aromatic N) is 1. The Morgan fingerprint density at radius 3 is 2.39 bits per heavy atom. The fourth-order valence-corrected chi connectivity index (χ4v) is 5.50. The van der Waals surface area contributed by atoms with Crippen molar-refractivity contribution >= 4 is 89.4 Å². The van der Waals surface area contributed by atoms with Gasteiger partial charge < -0.3 is 9.47 Å². The number of ether oxygens (including phenoxy) is 2. The first-order chi connectivity index (χ1) is 14.7. The van der Waals surface area contributed by atoms with Crippen molar-refractivity contribution in [2.45, 2.75) is 19.6 Å². The normalized spacial score (nSPS) is 16.0. The molecule has 0 aliphatic carbocycles. The van der Waals surface area contributed by atoms with E-state index < -0.39 is 23.2 Å². The van der Waals surface area contributed by atoms with Crippen molar-refractivity contribution < 1.29 is 23.9 Å². The molecule has 1 aliphatic heterocycles. The number of carbonyl (C=O) groups excluding carboxylic acids is 3. The number of methoxy groups -OCH3 is 1. The minimum atomic E-state index is -0.987. The van der Waals surface area contributed by atoms with Gasteiger partial charge in [0.2, 0.25) is 0 Å². The Bertz CT molecular complexity index is 1050. The van der Waals surface area contributed by atoms with Crippen LogP contribution < -0.4 is 4.74 Å². The topological polar surface area (TPSA) is 72.9 Å². The number of hydrogen-bond acceptors (Lipinski definition) is 6. The average Bonchev–Trinajstić information content (AvgIpc) is 3.00. The minimum absolute atomic E-state index is 0.229. The highest BCUT2D eigenvalue weighted by atomic mass is 127. The fraction of sp³-hybridized carbons (Fsp3) is 0.190. The number of hydrogen-bond donors (Lipinski definition) is 0. The lowest BCUT2D eigenvalue weighted by Crippen LogP contribution is -2.42. The Labute approximate surface area is 214 Å². The number of carbonyl (C=O) groups is 3. The largest absolute Gasteiger partial charge is 0.487 e. The van der Waals surface area contributed by atoms with Gasteiger partial charge in [0.15, 0.2) is 0 Å². The fourth-order valence-electron chi connectivity index (χ4n) is 2.78. The van der Waals surface area contributed by atoms with Crippen molar-refractivity contribution in [3.8, 4) is 5.75 Å². The molecule has 1 saturated heterocycles. The second-order valence-electron chi connectivity index (χ2n) is 6.48. The van der Waals surface area contributed by atoms with Crippen LogP contribution in [0.25, 0.3) is 6.08 Å². The summed E-state index contributed by atoms with van der Waals surface area (Å²) in [7, 11) is 1.21. The van der Waals surface area contributed by atoms with Crippen LogP contribution in [0.15, 0.2) is 50.2 Å². The van der Waals surface area contributed by atoms with Crippen LogP contribution in [0.4, 0.5) is 4.79 Å². The molecule has 0 bridgehead atoms. The summed E-state index contributed by atoms with van der Waals surface area (Å²) in [4.78, 5) is 37.8. The molecule has 1 aliphatic rings. The molecule has 0 unspecified atom stereocenters. The Morgan fingerprint density at radius 2 is 1.81 bits per heavy atom. The van der Waals surface area contributed by atoms with Gasteiger partial charge in [-0.15, -0.1) is 0 Å². The van der Waals surface area contributed by atoms with E-state index >= 15 is 0 Å². The summed E-state index contributed by atoms with van der Waals surface area (Å²) in [6, 6.07) is 10.6. The van der Waals surface area contributed by atoms with Crippen LogP contribution in [0.3, 0.4) is 0 Å². The molecule has 1 atom stereocenters. The van der Waals surface area contributed by atoms with Gasteiger partial charge in [-0.2, -0.15) is 0 Å². The number of halogens is 3. The van der Waals surface area contributed by atoms with Crippen LogP contribution >= 0.6 is 66.2 Å². The summed E-state index contributed by atoms with van der Waals surface area (Å²) in [5.74, 6) is -0.550. The predicted octanol–water partition coefficient (Wildman–Crippen LogP) is 5.99. The third-order valence-electron chi connectivity index (χ3n) is 4.37. The quantitative estimate of drug-likeness (QED) is 0.212. The van der Waals surface area contributed by atoms with Crippen LogP contribution in [0, 0.1) is 3.57 Å². The molecule has 6 nitrogen and oxygen atoms in total. The third-order valence-corrected chi connectivity index (χ3v) is 7.15. The summed E-state index contributed by atoms with van der Waals surface area (Å²) >= 11 is 10.0. The van der Waals surface area contributed by atoms with Crippen LogP contribution in [0.2, 0.25) is 0 Å². The maximum absolute atomic E-state index is 12.7. The van der Waals surface area contributed by atoms with Gasteiger partial charge in [0.1, 0.15) is 18.4 Å². The number of benzene rings is 2. The van der Waals surface area contributed by atoms with Crippen molar-refractivity contribution in [1.29, 1.82) is 0 Å². The summed E-state index contributed by atoms with van der Waals surface area (Å²) in [5, 5.41) is -0.509. The van der Waals surface area contributed by atoms with Gasteiger partial charge >= 0.3 is 5.97 Å². The lowest BCUT2D eigenvalue weighted by atomic mass is 10.2. The number of thioether (sulfide) groups is 1. The van der Waals surface area contributed by atoms with Gasteiger partial charge in [0, 0.05) is 3.57 Å². The van der Waals surface area contributed by atoms with Gasteiger partial charge in [-0.1, -0.05) is 12.1 Å². The van der Waals surface area contributed by atoms with Crippen LogP contribution in [0.5, 0.6) is 5.75 Å². The van der Waals surface area contributed by atoms with Crippen LogP contribution in [0.1, 0.15) is 18.1 Å². The molecule has 0 saturated carbocycles. The van der Waals surface area contributed by atoms with Crippen LogP contribution in [-0.2, 0) is 20.9 Å². The van der Waals surface area contributed by atoms with E-state index in [1.807, 2.05) is 24.3 Å². The van der Waals surface area contributed by atoms with E-state index in [2.05, 4.69) is 59.2 Å². The molecular weight excluding hydrogens is 665 g/mol. The molecule has 0 aromatic heterocycles. The summed E-state index contributed by atoms with van der Waals surface area (Å²) in [5.41, 5.74) is 1.73. The standard InChI is InChI=1S/C21H16Br2INO5S/c1-11(20(27)29-2)25-19(26)17(31-21(25)28)9-13-7-15(22)18(16(23)8-13)30-10-12-3-5-14(24)6-4-12/h3-9,11H,10H2,1-2H3/b17-9+/t11-/m0/s1. The van der Waals surface area contributed by atoms with Crippen molar-refractivity contribution in [1.82, 2.24) is 4.90 Å². The molecule has 10 heteroatoms. The molecule has 1 heterocycles. The van der Waals surface area contributed by atoms with Crippen molar-refractivity contribution in [2.75, 3.05) is 7.11 Å². The van der Waals surface area contributed by atoms with E-state index in [1.54, 1.807) is 18.2 Å². The second kappa shape index (κ2) is 10.5. The van der Waals surface area contributed by atoms with Gasteiger partial charge in [-0.25, -0.2) is 4.79 Å². The molecular formula is C21H16Br2INO5S. The highest BCUT2D eigenvalue weighted by Gasteiger charge is 2.41. The van der Waals surface area contributed by atoms with Crippen LogP contribution in [-0.4, -0.2) is 35.2 Å². The summed E-state index contributed by atoms with van der Waals surface area (Å²) in [6.45, 7) is 1.86. The summed E-state index contributed by atoms with van der Waals surface area (Å²) in [6.07, 6.45) is 1.60. The first-order valence-electron chi connectivity index (χ1n) is 8.92. The molecule has 2 aromatic carbocycles. The molecule has 0 spiro atoms. The zero-order chi connectivity index (χ0) is 22.7. The zero-order valence-electron chi connectivity index (χ0n) is 16.4. The first kappa shape index (κ1) is 24.3. The lowest BCUT2D eigenvalue weighted by molar-refractivity contribution is -0.148. The Balaban J connectivity index is 1.78. The monoisotopic (exact) mass is 679 g/mol. The van der Waals surface area contributed by atoms with E-state index in [0.717, 1.165) is 25.8 Å².